The van der Waals surface area contributed by atoms with Gasteiger partial charge in [-0.05, 0) is 49.9 Å². The van der Waals surface area contributed by atoms with Gasteiger partial charge in [0.15, 0.2) is 14.1 Å². The number of esters is 1. The number of carbonyl (C=O) groups excluding carboxylic acids is 2. The lowest BCUT2D eigenvalue weighted by Gasteiger charge is -2.38. The second-order valence-electron chi connectivity index (χ2n) is 10.4. The van der Waals surface area contributed by atoms with E-state index in [1.165, 1.54) is 20.0 Å². The predicted molar refractivity (Wildman–Crippen MR) is 136 cm³/mol. The fourth-order valence-electron chi connectivity index (χ4n) is 3.50. The van der Waals surface area contributed by atoms with Gasteiger partial charge in [0.05, 0.1) is 13.2 Å². The van der Waals surface area contributed by atoms with E-state index in [2.05, 4.69) is 63.8 Å². The van der Waals surface area contributed by atoms with Crippen molar-refractivity contribution >= 4 is 20.1 Å². The van der Waals surface area contributed by atoms with Crippen molar-refractivity contribution in [1.29, 1.82) is 0 Å². The Morgan fingerprint density at radius 3 is 2.50 bits per heavy atom. The zero-order valence-electron chi connectivity index (χ0n) is 21.5. The van der Waals surface area contributed by atoms with Crippen LogP contribution >= 0.6 is 0 Å². The predicted octanol–water partition coefficient (Wildman–Crippen LogP) is 7.32. The van der Waals surface area contributed by atoms with Crippen molar-refractivity contribution in [1.82, 2.24) is 0 Å². The smallest absolute Gasteiger partial charge is 0.305 e. The number of hydrogen-bond acceptors (Lipinski definition) is 4. The summed E-state index contributed by atoms with van der Waals surface area (Å²) in [5.41, 5.74) is 0.869. The summed E-state index contributed by atoms with van der Waals surface area (Å²) in [4.78, 5) is 23.6. The molecule has 0 aromatic heterocycles. The van der Waals surface area contributed by atoms with E-state index >= 15 is 0 Å². The summed E-state index contributed by atoms with van der Waals surface area (Å²) in [6.45, 7) is 13.7. The molecule has 1 rings (SSSR count). The first-order valence-corrected chi connectivity index (χ1v) is 15.3. The second-order valence-corrected chi connectivity index (χ2v) is 15.1. The minimum absolute atomic E-state index is 0.0364. The Bertz CT molecular complexity index is 682. The van der Waals surface area contributed by atoms with Crippen LogP contribution in [0.15, 0.2) is 36.0 Å². The molecule has 0 heterocycles. The van der Waals surface area contributed by atoms with Crippen molar-refractivity contribution in [3.8, 4) is 0 Å². The molecule has 0 unspecified atom stereocenters. The van der Waals surface area contributed by atoms with Crippen LogP contribution in [0.1, 0.15) is 85.5 Å². The van der Waals surface area contributed by atoms with Crippen LogP contribution in [0.4, 0.5) is 0 Å². The average molecular weight is 463 g/mol. The number of hydrogen-bond donors (Lipinski definition) is 0. The van der Waals surface area contributed by atoms with Crippen LogP contribution in [0.2, 0.25) is 18.1 Å². The second kappa shape index (κ2) is 13.9. The highest BCUT2D eigenvalue weighted by molar-refractivity contribution is 6.74. The van der Waals surface area contributed by atoms with Gasteiger partial charge in [-0.1, -0.05) is 77.7 Å². The highest BCUT2D eigenvalue weighted by atomic mass is 28.4. The van der Waals surface area contributed by atoms with Gasteiger partial charge in [0.1, 0.15) is 0 Å². The van der Waals surface area contributed by atoms with Crippen molar-refractivity contribution in [3.63, 3.8) is 0 Å². The molecule has 4 nitrogen and oxygen atoms in total. The van der Waals surface area contributed by atoms with Crippen LogP contribution in [-0.2, 0) is 18.8 Å². The van der Waals surface area contributed by atoms with Crippen LogP contribution in [0.3, 0.4) is 0 Å². The molecule has 0 spiro atoms. The minimum Gasteiger partial charge on any atom is -0.469 e. The third-order valence-corrected chi connectivity index (χ3v) is 11.2. The first-order valence-electron chi connectivity index (χ1n) is 12.4. The summed E-state index contributed by atoms with van der Waals surface area (Å²) in [5, 5.41) is 0.173. The number of unbranched alkanes of at least 4 members (excludes halogenated alkanes) is 5. The Morgan fingerprint density at radius 2 is 1.88 bits per heavy atom. The molecule has 0 aromatic rings. The summed E-state index contributed by atoms with van der Waals surface area (Å²) in [6.07, 6.45) is 18.9. The number of allylic oxidation sites excluding steroid dienone is 5. The van der Waals surface area contributed by atoms with Crippen LogP contribution in [0, 0.1) is 5.92 Å². The van der Waals surface area contributed by atoms with Gasteiger partial charge in [-0.15, -0.1) is 0 Å². The van der Waals surface area contributed by atoms with Crippen LogP contribution in [0.5, 0.6) is 0 Å². The monoisotopic (exact) mass is 462 g/mol. The fourth-order valence-corrected chi connectivity index (χ4v) is 4.81. The number of methoxy groups -OCH3 is 1. The molecule has 2 atom stereocenters. The molecule has 32 heavy (non-hydrogen) atoms. The molecule has 0 aliphatic heterocycles. The van der Waals surface area contributed by atoms with Crippen molar-refractivity contribution in [2.45, 2.75) is 110 Å². The maximum Gasteiger partial charge on any atom is 0.305 e. The molecule has 1 aliphatic rings. The van der Waals surface area contributed by atoms with Crippen LogP contribution < -0.4 is 0 Å². The summed E-state index contributed by atoms with van der Waals surface area (Å²) >= 11 is 0. The molecule has 0 aromatic carbocycles. The lowest BCUT2D eigenvalue weighted by molar-refractivity contribution is -0.140. The molecule has 0 N–H and O–H groups in total. The molecule has 0 amide bonds. The van der Waals surface area contributed by atoms with E-state index in [0.717, 1.165) is 44.1 Å². The van der Waals surface area contributed by atoms with Gasteiger partial charge in [-0.25, -0.2) is 0 Å². The van der Waals surface area contributed by atoms with Gasteiger partial charge in [-0.3, -0.25) is 9.59 Å². The van der Waals surface area contributed by atoms with E-state index in [1.807, 2.05) is 6.08 Å². The molecule has 0 bridgehead atoms. The van der Waals surface area contributed by atoms with Gasteiger partial charge < -0.3 is 9.16 Å². The number of ketones is 1. The van der Waals surface area contributed by atoms with Gasteiger partial charge in [0, 0.05) is 17.9 Å². The molecule has 0 saturated heterocycles. The van der Waals surface area contributed by atoms with Crippen LogP contribution in [-0.4, -0.2) is 33.3 Å². The molecular formula is C27H46O4Si. The highest BCUT2D eigenvalue weighted by Crippen LogP contribution is 2.38. The van der Waals surface area contributed by atoms with E-state index in [9.17, 15) is 9.59 Å². The first-order chi connectivity index (χ1) is 15.0. The summed E-state index contributed by atoms with van der Waals surface area (Å²) in [7, 11) is -0.443. The molecule has 1 aliphatic carbocycles. The molecule has 5 heteroatoms. The Hall–Kier alpha value is -1.46. The summed E-state index contributed by atoms with van der Waals surface area (Å²) < 4.78 is 11.4. The van der Waals surface area contributed by atoms with Gasteiger partial charge >= 0.3 is 5.97 Å². The number of rotatable bonds is 14. The summed E-state index contributed by atoms with van der Waals surface area (Å²) in [6, 6.07) is 0. The van der Waals surface area contributed by atoms with E-state index < -0.39 is 8.32 Å². The lowest BCUT2D eigenvalue weighted by Crippen LogP contribution is -2.43. The quantitative estimate of drug-likeness (QED) is 0.0892. The lowest BCUT2D eigenvalue weighted by atomic mass is 9.98. The van der Waals surface area contributed by atoms with Gasteiger partial charge in [0.25, 0.3) is 0 Å². The maximum absolute atomic E-state index is 12.4. The summed E-state index contributed by atoms with van der Waals surface area (Å²) in [5.74, 6) is -0.00606. The van der Waals surface area contributed by atoms with Crippen molar-refractivity contribution in [3.05, 3.63) is 36.0 Å². The van der Waals surface area contributed by atoms with Crippen LogP contribution in [0.25, 0.3) is 0 Å². The molecule has 0 radical (unpaired) electrons. The Kier molecular flexibility index (Phi) is 12.4. The van der Waals surface area contributed by atoms with Crippen molar-refractivity contribution < 1.29 is 18.8 Å². The molecule has 182 valence electrons. The molecule has 0 saturated carbocycles. The number of carbonyl (C=O) groups is 2. The zero-order valence-corrected chi connectivity index (χ0v) is 22.5. The number of ether oxygens (including phenoxy) is 1. The zero-order chi connectivity index (χ0) is 24.2. The fraction of sp³-hybridized carbons (Fsp3) is 0.704. The maximum atomic E-state index is 12.4. The first kappa shape index (κ1) is 28.6. The topological polar surface area (TPSA) is 52.6 Å². The normalized spacial score (nSPS) is 19.3. The SMILES string of the molecule is CCCCC[C@@H](/C=C/[C@H]1C=CC(=O)/C1=C/CCCCCC(=O)OC)O[Si](C)(C)C(C)(C)C. The Morgan fingerprint density at radius 1 is 1.16 bits per heavy atom. The third-order valence-electron chi connectivity index (χ3n) is 6.65. The minimum atomic E-state index is -1.86. The molecule has 0 fully saturated rings. The van der Waals surface area contributed by atoms with Gasteiger partial charge in [-0.2, -0.15) is 0 Å². The molecular weight excluding hydrogens is 416 g/mol. The van der Waals surface area contributed by atoms with Crippen molar-refractivity contribution in [2.24, 2.45) is 5.92 Å². The van der Waals surface area contributed by atoms with Gasteiger partial charge in [0.2, 0.25) is 0 Å². The van der Waals surface area contributed by atoms with Crippen molar-refractivity contribution in [2.75, 3.05) is 7.11 Å². The Balaban J connectivity index is 2.74. The van der Waals surface area contributed by atoms with E-state index in [-0.39, 0.29) is 28.8 Å². The van der Waals surface area contributed by atoms with E-state index in [0.29, 0.717) is 6.42 Å². The standard InChI is InChI=1S/C27H46O4Si/c1-8-9-12-15-23(31-32(6,7)27(2,3)4)20-18-22-19-21-25(28)24(22)16-13-10-11-14-17-26(29)30-5/h16,18-23H,8-15,17H2,1-7H3/b20-18+,24-16+/t22-,23-/m0/s1. The van der Waals surface area contributed by atoms with E-state index in [1.54, 1.807) is 6.08 Å². The highest BCUT2D eigenvalue weighted by Gasteiger charge is 2.38. The largest absolute Gasteiger partial charge is 0.469 e. The van der Waals surface area contributed by atoms with E-state index in [4.69, 9.17) is 4.43 Å². The average Bonchev–Trinajstić information content (AvgIpc) is 3.07. The third kappa shape index (κ3) is 9.99. The Labute approximate surface area is 197 Å².